The van der Waals surface area contributed by atoms with Gasteiger partial charge in [0, 0.05) is 17.8 Å². The first-order chi connectivity index (χ1) is 12.6. The molecule has 1 aromatic heterocycles. The number of carbonyl (C=O) groups excluding carboxylic acids is 1. The predicted octanol–water partition coefficient (Wildman–Crippen LogP) is 3.70. The highest BCUT2D eigenvalue weighted by molar-refractivity contribution is 6.03. The van der Waals surface area contributed by atoms with Gasteiger partial charge in [-0.3, -0.25) is 4.79 Å². The van der Waals surface area contributed by atoms with Crippen molar-refractivity contribution in [3.63, 3.8) is 0 Å². The fourth-order valence-electron chi connectivity index (χ4n) is 2.94. The number of nitrogens with one attached hydrogen (secondary N) is 1. The smallest absolute Gasteiger partial charge is 0.256 e. The third kappa shape index (κ3) is 2.99. The number of amides is 1. The number of hydrogen-bond acceptors (Lipinski definition) is 4. The van der Waals surface area contributed by atoms with Crippen molar-refractivity contribution in [2.75, 3.05) is 16.8 Å². The Morgan fingerprint density at radius 3 is 2.62 bits per heavy atom. The predicted molar refractivity (Wildman–Crippen MR) is 93.5 cm³/mol. The molecule has 0 unspecified atom stereocenters. The van der Waals surface area contributed by atoms with E-state index in [1.165, 1.54) is 11.6 Å². The van der Waals surface area contributed by atoms with Crippen LogP contribution in [0, 0.1) is 11.6 Å². The number of para-hydroxylation sites is 1. The monoisotopic (exact) mass is 352 g/mol. The zero-order chi connectivity index (χ0) is 18.1. The van der Waals surface area contributed by atoms with E-state index in [4.69, 9.17) is 0 Å². The van der Waals surface area contributed by atoms with E-state index in [-0.39, 0.29) is 11.4 Å². The molecule has 0 spiro atoms. The van der Waals surface area contributed by atoms with E-state index in [2.05, 4.69) is 26.5 Å². The van der Waals surface area contributed by atoms with Crippen molar-refractivity contribution in [3.8, 4) is 0 Å². The lowest BCUT2D eigenvalue weighted by molar-refractivity contribution is 0.102. The number of halogens is 2. The topological polar surface area (TPSA) is 58.1 Å². The first-order valence-corrected chi connectivity index (χ1v) is 8.07. The molecule has 0 atom stereocenters. The summed E-state index contributed by atoms with van der Waals surface area (Å²) in [6.07, 6.45) is 0.937. The van der Waals surface area contributed by atoms with Gasteiger partial charge in [0.15, 0.2) is 23.3 Å². The molecule has 26 heavy (non-hydrogen) atoms. The van der Waals surface area contributed by atoms with Gasteiger partial charge in [0.2, 0.25) is 0 Å². The van der Waals surface area contributed by atoms with Gasteiger partial charge in [-0.1, -0.05) is 18.2 Å². The van der Waals surface area contributed by atoms with Crippen LogP contribution in [0.25, 0.3) is 0 Å². The molecule has 1 aliphatic heterocycles. The maximum atomic E-state index is 13.2. The Labute approximate surface area is 148 Å². The highest BCUT2D eigenvalue weighted by Crippen LogP contribution is 2.32. The molecule has 1 aliphatic rings. The molecule has 2 aromatic carbocycles. The molecule has 2 heterocycles. The molecule has 0 fully saturated rings. The van der Waals surface area contributed by atoms with E-state index in [1.54, 1.807) is 12.1 Å². The average molecular weight is 352 g/mol. The van der Waals surface area contributed by atoms with Crippen LogP contribution in [0.3, 0.4) is 0 Å². The summed E-state index contributed by atoms with van der Waals surface area (Å²) in [5.41, 5.74) is 2.36. The van der Waals surface area contributed by atoms with Crippen LogP contribution in [0.2, 0.25) is 0 Å². The fraction of sp³-hybridized carbons (Fsp3) is 0.105. The lowest BCUT2D eigenvalue weighted by Crippen LogP contribution is -2.17. The number of benzene rings is 2. The largest absolute Gasteiger partial charge is 0.324 e. The minimum atomic E-state index is -1.08. The van der Waals surface area contributed by atoms with E-state index >= 15 is 0 Å². The highest BCUT2D eigenvalue weighted by atomic mass is 19.2. The molecule has 3 aromatic rings. The minimum absolute atomic E-state index is 0.00301. The third-order valence-electron chi connectivity index (χ3n) is 4.24. The molecule has 0 aliphatic carbocycles. The van der Waals surface area contributed by atoms with E-state index in [0.717, 1.165) is 30.8 Å². The average Bonchev–Trinajstić information content (AvgIpc) is 3.09. The van der Waals surface area contributed by atoms with Gasteiger partial charge in [0.1, 0.15) is 0 Å². The number of carbonyl (C=O) groups is 1. The molecule has 1 N–H and O–H groups in total. The van der Waals surface area contributed by atoms with Crippen LogP contribution in [-0.4, -0.2) is 22.6 Å². The van der Waals surface area contributed by atoms with Gasteiger partial charge in [-0.25, -0.2) is 8.78 Å². The standard InChI is InChI=1S/C19H14F2N4O/c20-14-6-5-13(11-15(14)21)19(26)22-17-7-8-18(24-23-17)25-10-9-12-3-1-2-4-16(12)25/h1-8,11H,9-10H2,(H,22,23,26). The van der Waals surface area contributed by atoms with Gasteiger partial charge in [0.25, 0.3) is 5.91 Å². The van der Waals surface area contributed by atoms with Gasteiger partial charge in [-0.2, -0.15) is 0 Å². The van der Waals surface area contributed by atoms with Crippen LogP contribution in [0.1, 0.15) is 15.9 Å². The summed E-state index contributed by atoms with van der Waals surface area (Å²) in [5, 5.41) is 10.7. The molecule has 0 saturated carbocycles. The second-order valence-electron chi connectivity index (χ2n) is 5.89. The van der Waals surface area contributed by atoms with E-state index in [1.807, 2.05) is 18.2 Å². The molecule has 130 valence electrons. The van der Waals surface area contributed by atoms with E-state index in [0.29, 0.717) is 5.82 Å². The van der Waals surface area contributed by atoms with Gasteiger partial charge in [-0.05, 0) is 48.4 Å². The minimum Gasteiger partial charge on any atom is -0.324 e. The van der Waals surface area contributed by atoms with E-state index in [9.17, 15) is 13.6 Å². The molecule has 0 saturated heterocycles. The van der Waals surface area contributed by atoms with Crippen LogP contribution in [-0.2, 0) is 6.42 Å². The summed E-state index contributed by atoms with van der Waals surface area (Å²) < 4.78 is 26.2. The maximum Gasteiger partial charge on any atom is 0.256 e. The first-order valence-electron chi connectivity index (χ1n) is 8.07. The van der Waals surface area contributed by atoms with Crippen molar-refractivity contribution in [1.29, 1.82) is 0 Å². The molecular formula is C19H14F2N4O. The molecule has 4 rings (SSSR count). The highest BCUT2D eigenvalue weighted by Gasteiger charge is 2.21. The quantitative estimate of drug-likeness (QED) is 0.781. The van der Waals surface area contributed by atoms with Gasteiger partial charge in [0.05, 0.1) is 0 Å². The first kappa shape index (κ1) is 16.1. The van der Waals surface area contributed by atoms with Gasteiger partial charge >= 0.3 is 0 Å². The van der Waals surface area contributed by atoms with E-state index < -0.39 is 17.5 Å². The van der Waals surface area contributed by atoms with Crippen LogP contribution in [0.4, 0.5) is 26.1 Å². The summed E-state index contributed by atoms with van der Waals surface area (Å²) in [6.45, 7) is 0.814. The number of aromatic nitrogens is 2. The molecule has 0 radical (unpaired) electrons. The number of nitrogens with zero attached hydrogens (tertiary/aromatic N) is 3. The van der Waals surface area contributed by atoms with Crippen molar-refractivity contribution in [1.82, 2.24) is 10.2 Å². The Kier molecular flexibility index (Phi) is 4.04. The summed E-state index contributed by atoms with van der Waals surface area (Å²) in [4.78, 5) is 14.2. The number of rotatable bonds is 3. The molecular weight excluding hydrogens is 338 g/mol. The Balaban J connectivity index is 1.50. The van der Waals surface area contributed by atoms with Crippen molar-refractivity contribution >= 4 is 23.2 Å². The van der Waals surface area contributed by atoms with Crippen molar-refractivity contribution < 1.29 is 13.6 Å². The Bertz CT molecular complexity index is 976. The van der Waals surface area contributed by atoms with Crippen molar-refractivity contribution in [2.45, 2.75) is 6.42 Å². The summed E-state index contributed by atoms with van der Waals surface area (Å²) in [6, 6.07) is 14.4. The van der Waals surface area contributed by atoms with Crippen LogP contribution < -0.4 is 10.2 Å². The number of hydrogen-bond donors (Lipinski definition) is 1. The van der Waals surface area contributed by atoms with Gasteiger partial charge in [-0.15, -0.1) is 10.2 Å². The lowest BCUT2D eigenvalue weighted by Gasteiger charge is -2.17. The zero-order valence-electron chi connectivity index (χ0n) is 13.6. The molecule has 1 amide bonds. The second kappa shape index (κ2) is 6.51. The zero-order valence-corrected chi connectivity index (χ0v) is 13.6. The maximum absolute atomic E-state index is 13.2. The van der Waals surface area contributed by atoms with Crippen molar-refractivity contribution in [3.05, 3.63) is 77.4 Å². The second-order valence-corrected chi connectivity index (χ2v) is 5.89. The van der Waals surface area contributed by atoms with Crippen LogP contribution >= 0.6 is 0 Å². The molecule has 7 heteroatoms. The SMILES string of the molecule is O=C(Nc1ccc(N2CCc3ccccc32)nn1)c1ccc(F)c(F)c1. The molecule has 5 nitrogen and oxygen atoms in total. The fourth-order valence-corrected chi connectivity index (χ4v) is 2.94. The van der Waals surface area contributed by atoms with Gasteiger partial charge < -0.3 is 10.2 Å². The van der Waals surface area contributed by atoms with Crippen LogP contribution in [0.5, 0.6) is 0 Å². The lowest BCUT2D eigenvalue weighted by atomic mass is 10.2. The summed E-state index contributed by atoms with van der Waals surface area (Å²) in [7, 11) is 0. The summed E-state index contributed by atoms with van der Waals surface area (Å²) >= 11 is 0. The summed E-state index contributed by atoms with van der Waals surface area (Å²) in [5.74, 6) is -1.75. The number of fused-ring (bicyclic) bond motifs is 1. The van der Waals surface area contributed by atoms with Crippen molar-refractivity contribution in [2.24, 2.45) is 0 Å². The Morgan fingerprint density at radius 1 is 1.00 bits per heavy atom. The number of anilines is 3. The normalized spacial score (nSPS) is 12.8. The molecule has 0 bridgehead atoms. The third-order valence-corrected chi connectivity index (χ3v) is 4.24. The van der Waals surface area contributed by atoms with Crippen LogP contribution in [0.15, 0.2) is 54.6 Å². The Morgan fingerprint density at radius 2 is 1.85 bits per heavy atom. The Hall–Kier alpha value is -3.35.